The van der Waals surface area contributed by atoms with Crippen molar-refractivity contribution in [1.29, 1.82) is 0 Å². The second-order valence-corrected chi connectivity index (χ2v) is 7.43. The molecule has 3 rings (SSSR count). The normalized spacial score (nSPS) is 23.4. The molecule has 6 heteroatoms. The summed E-state index contributed by atoms with van der Waals surface area (Å²) in [6.07, 6.45) is 3.05. The Morgan fingerprint density at radius 1 is 1.13 bits per heavy atom. The number of nitrogens with zero attached hydrogens (tertiary/aromatic N) is 5. The Balaban J connectivity index is 1.63. The van der Waals surface area contributed by atoms with Crippen LogP contribution in [-0.4, -0.2) is 75.5 Å². The molecule has 23 heavy (non-hydrogen) atoms. The van der Waals surface area contributed by atoms with Crippen LogP contribution in [0, 0.1) is 5.92 Å². The lowest BCUT2D eigenvalue weighted by Gasteiger charge is -2.21. The number of fused-ring (bicyclic) bond motifs is 1. The lowest BCUT2D eigenvalue weighted by molar-refractivity contribution is 0.244. The molecule has 0 aromatic carbocycles. The molecule has 0 aliphatic carbocycles. The van der Waals surface area contributed by atoms with Crippen LogP contribution in [0.5, 0.6) is 0 Å². The first-order valence-electron chi connectivity index (χ1n) is 9.15. The summed E-state index contributed by atoms with van der Waals surface area (Å²) in [6, 6.07) is 0. The van der Waals surface area contributed by atoms with E-state index >= 15 is 0 Å². The second kappa shape index (κ2) is 7.73. The van der Waals surface area contributed by atoms with E-state index in [1.165, 1.54) is 24.6 Å². The van der Waals surface area contributed by atoms with Crippen LogP contribution in [0.2, 0.25) is 0 Å². The van der Waals surface area contributed by atoms with E-state index in [0.29, 0.717) is 11.8 Å². The molecule has 130 valence electrons. The second-order valence-electron chi connectivity index (χ2n) is 7.43. The molecule has 0 bridgehead atoms. The maximum absolute atomic E-state index is 9.00. The van der Waals surface area contributed by atoms with Crippen LogP contribution >= 0.6 is 0 Å². The van der Waals surface area contributed by atoms with Crippen LogP contribution in [0.25, 0.3) is 0 Å². The number of hydrogen-bond donors (Lipinski definition) is 1. The molecule has 3 heterocycles. The zero-order valence-electron chi connectivity index (χ0n) is 14.6. The molecule has 2 aliphatic rings. The third kappa shape index (κ3) is 4.11. The molecule has 0 saturated carbocycles. The summed E-state index contributed by atoms with van der Waals surface area (Å²) in [7, 11) is 0. The monoisotopic (exact) mass is 321 g/mol. The van der Waals surface area contributed by atoms with Crippen LogP contribution < -0.4 is 0 Å². The van der Waals surface area contributed by atoms with Crippen molar-refractivity contribution in [2.45, 2.75) is 45.6 Å². The average Bonchev–Trinajstić information content (AvgIpc) is 3.09. The zero-order valence-corrected chi connectivity index (χ0v) is 14.6. The quantitative estimate of drug-likeness (QED) is 0.846. The minimum Gasteiger partial charge on any atom is -0.396 e. The molecule has 1 unspecified atom stereocenters. The van der Waals surface area contributed by atoms with Crippen molar-refractivity contribution in [3.63, 3.8) is 0 Å². The number of likely N-dealkylation sites (tertiary alicyclic amines) is 1. The van der Waals surface area contributed by atoms with E-state index in [-0.39, 0.29) is 6.61 Å². The van der Waals surface area contributed by atoms with Gasteiger partial charge in [-0.25, -0.2) is 0 Å². The summed E-state index contributed by atoms with van der Waals surface area (Å²) in [5.74, 6) is 3.58. The fraction of sp³-hybridized carbons (Fsp3) is 0.882. The van der Waals surface area contributed by atoms with Gasteiger partial charge in [-0.1, -0.05) is 13.8 Å². The van der Waals surface area contributed by atoms with E-state index < -0.39 is 0 Å². The summed E-state index contributed by atoms with van der Waals surface area (Å²) < 4.78 is 2.39. The predicted molar refractivity (Wildman–Crippen MR) is 90.5 cm³/mol. The number of aromatic nitrogens is 3. The molecule has 1 saturated heterocycles. The van der Waals surface area contributed by atoms with Crippen molar-refractivity contribution in [3.8, 4) is 0 Å². The van der Waals surface area contributed by atoms with E-state index in [4.69, 9.17) is 5.11 Å². The Kier molecular flexibility index (Phi) is 5.67. The largest absolute Gasteiger partial charge is 0.396 e. The number of aliphatic hydroxyl groups is 1. The highest BCUT2D eigenvalue weighted by atomic mass is 16.3. The van der Waals surface area contributed by atoms with Gasteiger partial charge in [-0.2, -0.15) is 0 Å². The molecule has 2 aliphatic heterocycles. The molecule has 1 fully saturated rings. The summed E-state index contributed by atoms with van der Waals surface area (Å²) in [6.45, 7) is 12.4. The van der Waals surface area contributed by atoms with Crippen LogP contribution in [0.15, 0.2) is 0 Å². The van der Waals surface area contributed by atoms with Gasteiger partial charge in [-0.15, -0.1) is 10.2 Å². The van der Waals surface area contributed by atoms with Gasteiger partial charge in [0, 0.05) is 58.2 Å². The van der Waals surface area contributed by atoms with Gasteiger partial charge in [-0.05, 0) is 25.3 Å². The lowest BCUT2D eigenvalue weighted by atomic mass is 10.1. The van der Waals surface area contributed by atoms with E-state index in [1.807, 2.05) is 0 Å². The third-order valence-corrected chi connectivity index (χ3v) is 5.04. The number of rotatable bonds is 6. The highest BCUT2D eigenvalue weighted by Gasteiger charge is 2.29. The topological polar surface area (TPSA) is 57.4 Å². The van der Waals surface area contributed by atoms with E-state index in [1.54, 1.807) is 0 Å². The van der Waals surface area contributed by atoms with Gasteiger partial charge in [0.2, 0.25) is 0 Å². The van der Waals surface area contributed by atoms with Crippen LogP contribution in [0.3, 0.4) is 0 Å². The van der Waals surface area contributed by atoms with Crippen molar-refractivity contribution in [3.05, 3.63) is 11.6 Å². The third-order valence-electron chi connectivity index (χ3n) is 5.04. The van der Waals surface area contributed by atoms with Crippen molar-refractivity contribution >= 4 is 0 Å². The Labute approximate surface area is 139 Å². The Morgan fingerprint density at radius 2 is 2.00 bits per heavy atom. The zero-order chi connectivity index (χ0) is 16.2. The predicted octanol–water partition coefficient (Wildman–Crippen LogP) is 0.964. The van der Waals surface area contributed by atoms with Crippen LogP contribution in [0.4, 0.5) is 0 Å². The van der Waals surface area contributed by atoms with Crippen molar-refractivity contribution in [1.82, 2.24) is 24.6 Å². The lowest BCUT2D eigenvalue weighted by Crippen LogP contribution is -2.31. The highest BCUT2D eigenvalue weighted by molar-refractivity contribution is 5.07. The Hall–Kier alpha value is -0.980. The van der Waals surface area contributed by atoms with Crippen molar-refractivity contribution < 1.29 is 5.11 Å². The van der Waals surface area contributed by atoms with Gasteiger partial charge in [0.1, 0.15) is 11.6 Å². The van der Waals surface area contributed by atoms with Gasteiger partial charge < -0.3 is 19.5 Å². The minimum atomic E-state index is 0.285. The highest BCUT2D eigenvalue weighted by Crippen LogP contribution is 2.27. The molecule has 1 aromatic heterocycles. The maximum Gasteiger partial charge on any atom is 0.137 e. The standard InChI is InChI=1S/C17H31N5O/c1-14(2)12-21-8-5-16-18-19-17(22(16)10-9-21)15-4-7-20(13-15)6-3-11-23/h14-15,23H,3-13H2,1-2H3. The first kappa shape index (κ1) is 16.9. The van der Waals surface area contributed by atoms with Gasteiger partial charge in [-0.3, -0.25) is 0 Å². The smallest absolute Gasteiger partial charge is 0.137 e. The van der Waals surface area contributed by atoms with Crippen LogP contribution in [0.1, 0.15) is 44.3 Å². The van der Waals surface area contributed by atoms with Crippen molar-refractivity contribution in [2.75, 3.05) is 45.9 Å². The summed E-state index contributed by atoms with van der Waals surface area (Å²) in [5, 5.41) is 18.0. The summed E-state index contributed by atoms with van der Waals surface area (Å²) in [5.41, 5.74) is 0. The maximum atomic E-state index is 9.00. The van der Waals surface area contributed by atoms with E-state index in [9.17, 15) is 0 Å². The Bertz CT molecular complexity index is 501. The molecule has 0 radical (unpaired) electrons. The van der Waals surface area contributed by atoms with Gasteiger partial charge in [0.05, 0.1) is 0 Å². The fourth-order valence-corrected chi connectivity index (χ4v) is 3.93. The SMILES string of the molecule is CC(C)CN1CCc2nnc(C3CCN(CCCO)C3)n2CC1. The first-order valence-corrected chi connectivity index (χ1v) is 9.15. The summed E-state index contributed by atoms with van der Waals surface area (Å²) >= 11 is 0. The van der Waals surface area contributed by atoms with E-state index in [0.717, 1.165) is 52.1 Å². The molecule has 1 atom stereocenters. The van der Waals surface area contributed by atoms with Gasteiger partial charge in [0.15, 0.2) is 0 Å². The summed E-state index contributed by atoms with van der Waals surface area (Å²) in [4.78, 5) is 5.01. The fourth-order valence-electron chi connectivity index (χ4n) is 3.93. The molecule has 0 spiro atoms. The number of hydrogen-bond acceptors (Lipinski definition) is 5. The molecular formula is C17H31N5O. The van der Waals surface area contributed by atoms with Crippen LogP contribution in [-0.2, 0) is 13.0 Å². The average molecular weight is 321 g/mol. The number of aliphatic hydroxyl groups excluding tert-OH is 1. The molecule has 1 N–H and O–H groups in total. The first-order chi connectivity index (χ1) is 11.2. The van der Waals surface area contributed by atoms with Gasteiger partial charge >= 0.3 is 0 Å². The minimum absolute atomic E-state index is 0.285. The van der Waals surface area contributed by atoms with Gasteiger partial charge in [0.25, 0.3) is 0 Å². The Morgan fingerprint density at radius 3 is 2.78 bits per heavy atom. The molecule has 1 aromatic rings. The van der Waals surface area contributed by atoms with Crippen molar-refractivity contribution in [2.24, 2.45) is 5.92 Å². The molecule has 6 nitrogen and oxygen atoms in total. The molecule has 0 amide bonds. The van der Waals surface area contributed by atoms with E-state index in [2.05, 4.69) is 38.4 Å². The molecular weight excluding hydrogens is 290 g/mol.